The molecular weight excluding hydrogens is 220 g/mol. The molecule has 3 nitrogen and oxygen atoms in total. The second-order valence-electron chi connectivity index (χ2n) is 2.71. The van der Waals surface area contributed by atoms with Crippen LogP contribution < -0.4 is 0 Å². The van der Waals surface area contributed by atoms with Gasteiger partial charge in [0.25, 0.3) is 0 Å². The first-order valence-electron chi connectivity index (χ1n) is 3.99. The highest BCUT2D eigenvalue weighted by molar-refractivity contribution is 7.15. The lowest BCUT2D eigenvalue weighted by Gasteiger charge is -2.05. The van der Waals surface area contributed by atoms with Crippen molar-refractivity contribution >= 4 is 22.9 Å². The van der Waals surface area contributed by atoms with E-state index < -0.39 is 6.10 Å². The zero-order chi connectivity index (χ0) is 9.97. The van der Waals surface area contributed by atoms with Gasteiger partial charge >= 0.3 is 0 Å². The standard InChI is InChI=1S/C9H7ClN2OS/c10-9-12-11-8(14-9)7(13)6-4-2-1-3-5-6/h1-5,7,13H. The number of hydrogen-bond acceptors (Lipinski definition) is 4. The normalized spacial score (nSPS) is 12.7. The molecule has 14 heavy (non-hydrogen) atoms. The third kappa shape index (κ3) is 1.92. The predicted molar refractivity (Wildman–Crippen MR) is 55.4 cm³/mol. The zero-order valence-corrected chi connectivity index (χ0v) is 8.66. The van der Waals surface area contributed by atoms with Gasteiger partial charge in [-0.15, -0.1) is 10.2 Å². The van der Waals surface area contributed by atoms with Crippen molar-refractivity contribution in [2.45, 2.75) is 6.10 Å². The maximum absolute atomic E-state index is 9.85. The smallest absolute Gasteiger partial charge is 0.207 e. The van der Waals surface area contributed by atoms with Crippen LogP contribution in [0, 0.1) is 0 Å². The van der Waals surface area contributed by atoms with Gasteiger partial charge in [-0.3, -0.25) is 0 Å². The van der Waals surface area contributed by atoms with E-state index in [1.54, 1.807) is 0 Å². The van der Waals surface area contributed by atoms with E-state index in [1.807, 2.05) is 30.3 Å². The maximum atomic E-state index is 9.85. The summed E-state index contributed by atoms with van der Waals surface area (Å²) in [6, 6.07) is 9.28. The van der Waals surface area contributed by atoms with E-state index in [0.717, 1.165) is 5.56 Å². The molecule has 0 fully saturated rings. The molecule has 1 N–H and O–H groups in total. The summed E-state index contributed by atoms with van der Waals surface area (Å²) in [5, 5.41) is 17.8. The van der Waals surface area contributed by atoms with E-state index in [4.69, 9.17) is 11.6 Å². The molecule has 72 valence electrons. The van der Waals surface area contributed by atoms with Gasteiger partial charge < -0.3 is 5.11 Å². The average molecular weight is 227 g/mol. The minimum absolute atomic E-state index is 0.343. The van der Waals surface area contributed by atoms with Crippen LogP contribution in [0.1, 0.15) is 16.7 Å². The van der Waals surface area contributed by atoms with E-state index >= 15 is 0 Å². The summed E-state index contributed by atoms with van der Waals surface area (Å²) in [5.74, 6) is 0. The summed E-state index contributed by atoms with van der Waals surface area (Å²) < 4.78 is 0.343. The van der Waals surface area contributed by atoms with Gasteiger partial charge in [0.2, 0.25) is 4.47 Å². The quantitative estimate of drug-likeness (QED) is 0.855. The molecule has 0 saturated heterocycles. The fourth-order valence-corrected chi connectivity index (χ4v) is 1.96. The molecule has 1 aromatic carbocycles. The predicted octanol–water partition coefficient (Wildman–Crippen LogP) is 2.27. The van der Waals surface area contributed by atoms with Crippen molar-refractivity contribution in [3.05, 3.63) is 45.4 Å². The Morgan fingerprint density at radius 1 is 1.21 bits per heavy atom. The lowest BCUT2D eigenvalue weighted by Crippen LogP contribution is -1.98. The molecule has 5 heteroatoms. The molecule has 0 bridgehead atoms. The molecule has 0 radical (unpaired) electrons. The number of aliphatic hydroxyl groups is 1. The van der Waals surface area contributed by atoms with E-state index in [0.29, 0.717) is 9.47 Å². The Kier molecular flexibility index (Phi) is 2.77. The molecular formula is C9H7ClN2OS. The Morgan fingerprint density at radius 2 is 1.93 bits per heavy atom. The van der Waals surface area contributed by atoms with E-state index in [9.17, 15) is 5.11 Å². The first-order valence-corrected chi connectivity index (χ1v) is 5.19. The summed E-state index contributed by atoms with van der Waals surface area (Å²) in [5.41, 5.74) is 0.792. The number of benzene rings is 1. The van der Waals surface area contributed by atoms with Crippen LogP contribution in [0.5, 0.6) is 0 Å². The average Bonchev–Trinajstić information content (AvgIpc) is 2.65. The van der Waals surface area contributed by atoms with Crippen molar-refractivity contribution in [1.82, 2.24) is 10.2 Å². The Balaban J connectivity index is 2.29. The van der Waals surface area contributed by atoms with Crippen molar-refractivity contribution in [3.8, 4) is 0 Å². The van der Waals surface area contributed by atoms with E-state index in [-0.39, 0.29) is 0 Å². The molecule has 2 aromatic rings. The summed E-state index contributed by atoms with van der Waals surface area (Å²) in [6.07, 6.45) is -0.735. The molecule has 0 aliphatic rings. The van der Waals surface area contributed by atoms with Crippen molar-refractivity contribution in [1.29, 1.82) is 0 Å². The van der Waals surface area contributed by atoms with Crippen LogP contribution in [0.3, 0.4) is 0 Å². The second-order valence-corrected chi connectivity index (χ2v) is 4.30. The van der Waals surface area contributed by atoms with Crippen LogP contribution in [0.25, 0.3) is 0 Å². The first-order chi connectivity index (χ1) is 6.77. The number of aliphatic hydroxyl groups excluding tert-OH is 1. The molecule has 2 rings (SSSR count). The first kappa shape index (κ1) is 9.58. The van der Waals surface area contributed by atoms with Crippen LogP contribution in [-0.2, 0) is 0 Å². The Hall–Kier alpha value is -0.970. The minimum Gasteiger partial charge on any atom is -0.381 e. The summed E-state index contributed by atoms with van der Waals surface area (Å²) in [6.45, 7) is 0. The number of rotatable bonds is 2. The van der Waals surface area contributed by atoms with Gasteiger partial charge in [-0.05, 0) is 17.2 Å². The highest BCUT2D eigenvalue weighted by atomic mass is 35.5. The number of halogens is 1. The minimum atomic E-state index is -0.735. The molecule has 0 aliphatic carbocycles. The second kappa shape index (κ2) is 4.04. The summed E-state index contributed by atoms with van der Waals surface area (Å²) in [4.78, 5) is 0. The molecule has 0 spiro atoms. The van der Waals surface area contributed by atoms with E-state index in [2.05, 4.69) is 10.2 Å². The van der Waals surface area contributed by atoms with Crippen molar-refractivity contribution < 1.29 is 5.11 Å². The maximum Gasteiger partial charge on any atom is 0.207 e. The lowest BCUT2D eigenvalue weighted by atomic mass is 10.1. The molecule has 1 unspecified atom stereocenters. The lowest BCUT2D eigenvalue weighted by molar-refractivity contribution is 0.219. The summed E-state index contributed by atoms with van der Waals surface area (Å²) in [7, 11) is 0. The summed E-state index contributed by atoms with van der Waals surface area (Å²) >= 11 is 6.81. The van der Waals surface area contributed by atoms with Gasteiger partial charge in [-0.2, -0.15) is 0 Å². The van der Waals surface area contributed by atoms with Crippen molar-refractivity contribution in [2.75, 3.05) is 0 Å². The van der Waals surface area contributed by atoms with Gasteiger partial charge in [0.15, 0.2) is 5.01 Å². The Morgan fingerprint density at radius 3 is 2.50 bits per heavy atom. The highest BCUT2D eigenvalue weighted by Gasteiger charge is 2.14. The van der Waals surface area contributed by atoms with Gasteiger partial charge in [0.1, 0.15) is 6.10 Å². The Labute approximate surface area is 90.0 Å². The molecule has 0 saturated carbocycles. The van der Waals surface area contributed by atoms with Crippen LogP contribution in [-0.4, -0.2) is 15.3 Å². The fraction of sp³-hybridized carbons (Fsp3) is 0.111. The topological polar surface area (TPSA) is 46.0 Å². The SMILES string of the molecule is OC(c1ccccc1)c1nnc(Cl)s1. The van der Waals surface area contributed by atoms with Gasteiger partial charge in [0, 0.05) is 0 Å². The van der Waals surface area contributed by atoms with E-state index in [1.165, 1.54) is 11.3 Å². The van der Waals surface area contributed by atoms with Gasteiger partial charge in [-0.25, -0.2) is 0 Å². The molecule has 1 heterocycles. The molecule has 0 aliphatic heterocycles. The number of aromatic nitrogens is 2. The fourth-order valence-electron chi connectivity index (χ4n) is 1.10. The molecule has 0 amide bonds. The monoisotopic (exact) mass is 226 g/mol. The number of nitrogens with zero attached hydrogens (tertiary/aromatic N) is 2. The van der Waals surface area contributed by atoms with Crippen LogP contribution in [0.15, 0.2) is 30.3 Å². The van der Waals surface area contributed by atoms with Gasteiger partial charge in [0.05, 0.1) is 0 Å². The van der Waals surface area contributed by atoms with Gasteiger partial charge in [-0.1, -0.05) is 41.7 Å². The zero-order valence-electron chi connectivity index (χ0n) is 7.09. The molecule has 1 atom stereocenters. The highest BCUT2D eigenvalue weighted by Crippen LogP contribution is 2.26. The molecule has 1 aromatic heterocycles. The van der Waals surface area contributed by atoms with Crippen LogP contribution >= 0.6 is 22.9 Å². The number of hydrogen-bond donors (Lipinski definition) is 1. The third-order valence-corrected chi connectivity index (χ3v) is 2.84. The van der Waals surface area contributed by atoms with Crippen LogP contribution in [0.4, 0.5) is 0 Å². The van der Waals surface area contributed by atoms with Crippen molar-refractivity contribution in [2.24, 2.45) is 0 Å². The van der Waals surface area contributed by atoms with Crippen molar-refractivity contribution in [3.63, 3.8) is 0 Å². The van der Waals surface area contributed by atoms with Crippen LogP contribution in [0.2, 0.25) is 4.47 Å². The Bertz CT molecular complexity index is 418. The largest absolute Gasteiger partial charge is 0.381 e. The third-order valence-electron chi connectivity index (χ3n) is 1.77.